The molecule has 1 unspecified atom stereocenters. The summed E-state index contributed by atoms with van der Waals surface area (Å²) in [7, 11) is 1.55. The third kappa shape index (κ3) is 5.72. The van der Waals surface area contributed by atoms with Crippen LogP contribution in [-0.2, 0) is 16.1 Å². The van der Waals surface area contributed by atoms with Crippen molar-refractivity contribution in [3.8, 4) is 5.75 Å². The summed E-state index contributed by atoms with van der Waals surface area (Å²) in [6.45, 7) is 5.71. The lowest BCUT2D eigenvalue weighted by atomic mass is 10.1. The fraction of sp³-hybridized carbons (Fsp3) is 0.333. The zero-order valence-corrected chi connectivity index (χ0v) is 18.7. The third-order valence-corrected chi connectivity index (χ3v) is 5.91. The van der Waals surface area contributed by atoms with E-state index in [4.69, 9.17) is 16.3 Å². The van der Waals surface area contributed by atoms with Gasteiger partial charge in [0.1, 0.15) is 11.8 Å². The topological polar surface area (TPSA) is 58.6 Å². The van der Waals surface area contributed by atoms with Gasteiger partial charge >= 0.3 is 0 Å². The van der Waals surface area contributed by atoms with Crippen LogP contribution < -0.4 is 10.1 Å². The van der Waals surface area contributed by atoms with Crippen molar-refractivity contribution in [1.29, 1.82) is 0 Å². The molecule has 0 aliphatic carbocycles. The minimum atomic E-state index is -0.645. The van der Waals surface area contributed by atoms with Gasteiger partial charge in [-0.2, -0.15) is 0 Å². The van der Waals surface area contributed by atoms with Gasteiger partial charge in [-0.3, -0.25) is 9.59 Å². The molecule has 0 aliphatic heterocycles. The highest BCUT2D eigenvalue weighted by atomic mass is 79.9. The third-order valence-electron chi connectivity index (χ3n) is 4.43. The molecule has 0 radical (unpaired) electrons. The first-order valence-corrected chi connectivity index (χ1v) is 10.0. The zero-order chi connectivity index (χ0) is 20.8. The van der Waals surface area contributed by atoms with Gasteiger partial charge in [-0.05, 0) is 61.7 Å². The van der Waals surface area contributed by atoms with Crippen LogP contribution in [0.2, 0.25) is 5.02 Å². The number of carbonyl (C=O) groups is 2. The molecule has 2 rings (SSSR count). The lowest BCUT2D eigenvalue weighted by Gasteiger charge is -2.28. The number of amides is 2. The number of rotatable bonds is 7. The van der Waals surface area contributed by atoms with Crippen molar-refractivity contribution in [2.45, 2.75) is 33.4 Å². The van der Waals surface area contributed by atoms with Crippen LogP contribution in [0.1, 0.15) is 23.6 Å². The van der Waals surface area contributed by atoms with E-state index >= 15 is 0 Å². The van der Waals surface area contributed by atoms with Gasteiger partial charge in [-0.15, -0.1) is 0 Å². The predicted molar refractivity (Wildman–Crippen MR) is 115 cm³/mol. The van der Waals surface area contributed by atoms with Crippen LogP contribution >= 0.6 is 27.5 Å². The molecule has 0 fully saturated rings. The maximum atomic E-state index is 12.9. The van der Waals surface area contributed by atoms with Crippen molar-refractivity contribution >= 4 is 39.3 Å². The van der Waals surface area contributed by atoms with Crippen LogP contribution in [-0.4, -0.2) is 36.4 Å². The molecule has 0 saturated heterocycles. The Morgan fingerprint density at radius 3 is 2.43 bits per heavy atom. The summed E-state index contributed by atoms with van der Waals surface area (Å²) in [6.07, 6.45) is 0. The number of nitrogens with zero attached hydrogens (tertiary/aromatic N) is 1. The lowest BCUT2D eigenvalue weighted by Crippen LogP contribution is -2.48. The second-order valence-electron chi connectivity index (χ2n) is 6.60. The first-order valence-electron chi connectivity index (χ1n) is 8.88. The van der Waals surface area contributed by atoms with E-state index < -0.39 is 6.04 Å². The minimum absolute atomic E-state index is 0.164. The largest absolute Gasteiger partial charge is 0.484 e. The number of nitrogens with one attached hydrogen (secondary N) is 1. The average molecular weight is 468 g/mol. The Balaban J connectivity index is 2.17. The Morgan fingerprint density at radius 1 is 1.21 bits per heavy atom. The number of halogens is 2. The average Bonchev–Trinajstić information content (AvgIpc) is 2.67. The molecular formula is C21H24BrClN2O3. The molecule has 2 amide bonds. The summed E-state index contributed by atoms with van der Waals surface area (Å²) in [5.74, 6) is 0.0851. The Labute approximate surface area is 179 Å². The van der Waals surface area contributed by atoms with Crippen LogP contribution in [0.5, 0.6) is 5.75 Å². The monoisotopic (exact) mass is 466 g/mol. The van der Waals surface area contributed by atoms with Crippen molar-refractivity contribution < 1.29 is 14.3 Å². The molecule has 1 N–H and O–H groups in total. The number of ether oxygens (including phenoxy) is 1. The van der Waals surface area contributed by atoms with Crippen molar-refractivity contribution in [3.63, 3.8) is 0 Å². The minimum Gasteiger partial charge on any atom is -0.484 e. The van der Waals surface area contributed by atoms with Gasteiger partial charge in [0.15, 0.2) is 6.61 Å². The molecule has 0 heterocycles. The number of likely N-dealkylation sites (N-methyl/N-ethyl adjacent to an activating group) is 1. The van der Waals surface area contributed by atoms with Crippen LogP contribution in [0.4, 0.5) is 0 Å². The zero-order valence-electron chi connectivity index (χ0n) is 16.4. The van der Waals surface area contributed by atoms with Gasteiger partial charge in [0.2, 0.25) is 5.91 Å². The van der Waals surface area contributed by atoms with Crippen LogP contribution in [0.15, 0.2) is 40.9 Å². The second-order valence-corrected chi connectivity index (χ2v) is 7.83. The van der Waals surface area contributed by atoms with Crippen molar-refractivity contribution in [2.75, 3.05) is 13.7 Å². The quantitative estimate of drug-likeness (QED) is 0.662. The van der Waals surface area contributed by atoms with Crippen molar-refractivity contribution in [3.05, 3.63) is 62.6 Å². The van der Waals surface area contributed by atoms with E-state index in [1.54, 1.807) is 26.1 Å². The van der Waals surface area contributed by atoms with E-state index in [0.717, 1.165) is 21.2 Å². The van der Waals surface area contributed by atoms with Crippen molar-refractivity contribution in [1.82, 2.24) is 10.2 Å². The smallest absolute Gasteiger partial charge is 0.261 e. The summed E-state index contributed by atoms with van der Waals surface area (Å²) >= 11 is 9.57. The Bertz CT molecular complexity index is 849. The van der Waals surface area contributed by atoms with Gasteiger partial charge in [0, 0.05) is 23.1 Å². The Morgan fingerprint density at radius 2 is 1.86 bits per heavy atom. The molecule has 150 valence electrons. The molecule has 7 heteroatoms. The highest BCUT2D eigenvalue weighted by molar-refractivity contribution is 9.10. The lowest BCUT2D eigenvalue weighted by molar-refractivity contribution is -0.142. The first kappa shape index (κ1) is 22.2. The second kappa shape index (κ2) is 9.94. The fourth-order valence-electron chi connectivity index (χ4n) is 2.84. The van der Waals surface area contributed by atoms with Crippen LogP contribution in [0.3, 0.4) is 0 Å². The fourth-order valence-corrected chi connectivity index (χ4v) is 3.28. The van der Waals surface area contributed by atoms with E-state index in [2.05, 4.69) is 21.2 Å². The number of hydrogen-bond acceptors (Lipinski definition) is 3. The van der Waals surface area contributed by atoms with E-state index in [0.29, 0.717) is 10.8 Å². The summed E-state index contributed by atoms with van der Waals surface area (Å²) < 4.78 is 6.74. The molecule has 0 aliphatic rings. The number of hydrogen-bond donors (Lipinski definition) is 1. The highest BCUT2D eigenvalue weighted by Gasteiger charge is 2.26. The number of aryl methyl sites for hydroxylation is 2. The molecule has 2 aromatic carbocycles. The van der Waals surface area contributed by atoms with Gasteiger partial charge in [0.25, 0.3) is 5.91 Å². The summed E-state index contributed by atoms with van der Waals surface area (Å²) in [6, 6.07) is 10.3. The van der Waals surface area contributed by atoms with E-state index in [1.165, 1.54) is 4.90 Å². The van der Waals surface area contributed by atoms with Crippen LogP contribution in [0.25, 0.3) is 0 Å². The Hall–Kier alpha value is -2.05. The van der Waals surface area contributed by atoms with E-state index in [-0.39, 0.29) is 25.0 Å². The number of benzene rings is 2. The van der Waals surface area contributed by atoms with Gasteiger partial charge < -0.3 is 15.0 Å². The Kier molecular flexibility index (Phi) is 7.89. The molecule has 28 heavy (non-hydrogen) atoms. The van der Waals surface area contributed by atoms with Crippen LogP contribution in [0, 0.1) is 13.8 Å². The van der Waals surface area contributed by atoms with E-state index in [1.807, 2.05) is 38.1 Å². The maximum absolute atomic E-state index is 12.9. The predicted octanol–water partition coefficient (Wildman–Crippen LogP) is 4.26. The molecule has 5 nitrogen and oxygen atoms in total. The molecular weight excluding hydrogens is 444 g/mol. The summed E-state index contributed by atoms with van der Waals surface area (Å²) in [4.78, 5) is 26.5. The summed E-state index contributed by atoms with van der Waals surface area (Å²) in [5, 5.41) is 3.17. The highest BCUT2D eigenvalue weighted by Crippen LogP contribution is 2.26. The number of carbonyl (C=O) groups excluding carboxylic acids is 2. The molecule has 2 aromatic rings. The standard InChI is InChI=1S/C21H24BrClN2O3/c1-13-8-18(9-14(2)20(13)22)28-12-19(26)25(15(3)21(27)24-4)11-16-6-5-7-17(23)10-16/h5-10,15H,11-12H2,1-4H3,(H,24,27). The molecule has 0 spiro atoms. The molecule has 0 bridgehead atoms. The van der Waals surface area contributed by atoms with Crippen molar-refractivity contribution in [2.24, 2.45) is 0 Å². The van der Waals surface area contributed by atoms with Gasteiger partial charge in [-0.25, -0.2) is 0 Å². The SMILES string of the molecule is CNC(=O)C(C)N(Cc1cccc(Cl)c1)C(=O)COc1cc(C)c(Br)c(C)c1. The maximum Gasteiger partial charge on any atom is 0.261 e. The molecule has 0 saturated carbocycles. The first-order chi connectivity index (χ1) is 13.2. The van der Waals surface area contributed by atoms with E-state index in [9.17, 15) is 9.59 Å². The normalized spacial score (nSPS) is 11.6. The van der Waals surface area contributed by atoms with Gasteiger partial charge in [0.05, 0.1) is 0 Å². The molecule has 0 aromatic heterocycles. The molecule has 1 atom stereocenters. The summed E-state index contributed by atoms with van der Waals surface area (Å²) in [5.41, 5.74) is 2.89. The van der Waals surface area contributed by atoms with Gasteiger partial charge in [-0.1, -0.05) is 39.7 Å².